The van der Waals surface area contributed by atoms with E-state index in [4.69, 9.17) is 0 Å². The lowest BCUT2D eigenvalue weighted by Crippen LogP contribution is -2.53. The Labute approximate surface area is 189 Å². The Morgan fingerprint density at radius 1 is 1.07 bits per heavy atom. The van der Waals surface area contributed by atoms with Gasteiger partial charge in [-0.05, 0) is 12.1 Å². The second-order valence-electron chi connectivity index (χ2n) is 6.19. The number of piperazine rings is 1. The van der Waals surface area contributed by atoms with Crippen molar-refractivity contribution in [3.05, 3.63) is 36.4 Å². The lowest BCUT2D eigenvalue weighted by atomic mass is 10.3. The van der Waals surface area contributed by atoms with Gasteiger partial charge in [0.25, 0.3) is 0 Å². The molecule has 0 bridgehead atoms. The van der Waals surface area contributed by atoms with Gasteiger partial charge in [-0.3, -0.25) is 4.99 Å². The van der Waals surface area contributed by atoms with Crippen molar-refractivity contribution in [3.63, 3.8) is 0 Å². The molecule has 1 fully saturated rings. The van der Waals surface area contributed by atoms with Gasteiger partial charge in [-0.1, -0.05) is 0 Å². The van der Waals surface area contributed by atoms with Crippen LogP contribution in [0.15, 0.2) is 35.7 Å². The Balaban J connectivity index is 0.00000320. The Kier molecular flexibility index (Phi) is 8.80. The van der Waals surface area contributed by atoms with Crippen molar-refractivity contribution in [2.45, 2.75) is 6.18 Å². The summed E-state index contributed by atoms with van der Waals surface area (Å²) in [6.45, 7) is 3.83. The number of guanidine groups is 1. The number of hydrogen-bond acceptors (Lipinski definition) is 7. The van der Waals surface area contributed by atoms with Crippen molar-refractivity contribution < 1.29 is 13.2 Å². The first-order chi connectivity index (χ1) is 14.0. The molecule has 3 heterocycles. The molecule has 13 heteroatoms. The van der Waals surface area contributed by atoms with Gasteiger partial charge in [-0.25, -0.2) is 19.9 Å². The van der Waals surface area contributed by atoms with Crippen LogP contribution in [-0.2, 0) is 6.18 Å². The first-order valence-electron chi connectivity index (χ1n) is 9.09. The monoisotopic (exact) mass is 537 g/mol. The van der Waals surface area contributed by atoms with Crippen molar-refractivity contribution in [2.75, 3.05) is 56.5 Å². The third kappa shape index (κ3) is 6.53. The lowest BCUT2D eigenvalue weighted by Gasteiger charge is -2.36. The Morgan fingerprint density at radius 2 is 1.77 bits per heavy atom. The van der Waals surface area contributed by atoms with E-state index in [0.29, 0.717) is 19.0 Å². The topological polar surface area (TPSA) is 94.5 Å². The molecule has 0 spiro atoms. The molecule has 3 rings (SSSR count). The average molecular weight is 537 g/mol. The average Bonchev–Trinajstić information content (AvgIpc) is 2.74. The second-order valence-corrected chi connectivity index (χ2v) is 6.19. The Bertz CT molecular complexity index is 812. The van der Waals surface area contributed by atoms with E-state index in [0.717, 1.165) is 44.4 Å². The van der Waals surface area contributed by atoms with E-state index in [2.05, 4.69) is 45.4 Å². The van der Waals surface area contributed by atoms with Gasteiger partial charge >= 0.3 is 6.18 Å². The summed E-state index contributed by atoms with van der Waals surface area (Å²) in [5.41, 5.74) is -0.973. The van der Waals surface area contributed by atoms with Crippen molar-refractivity contribution in [3.8, 4) is 0 Å². The molecule has 9 nitrogen and oxygen atoms in total. The van der Waals surface area contributed by atoms with Crippen LogP contribution in [0.5, 0.6) is 0 Å². The minimum atomic E-state index is -4.49. The van der Waals surface area contributed by atoms with Gasteiger partial charge in [0, 0.05) is 64.9 Å². The van der Waals surface area contributed by atoms with E-state index in [-0.39, 0.29) is 29.9 Å². The third-order valence-electron chi connectivity index (χ3n) is 4.26. The maximum absolute atomic E-state index is 12.7. The van der Waals surface area contributed by atoms with E-state index in [9.17, 15) is 13.2 Å². The molecular weight excluding hydrogens is 514 g/mol. The molecule has 164 valence electrons. The zero-order valence-corrected chi connectivity index (χ0v) is 18.6. The van der Waals surface area contributed by atoms with Crippen LogP contribution in [-0.4, -0.2) is 77.1 Å². The maximum atomic E-state index is 12.7. The number of halogens is 4. The zero-order chi connectivity index (χ0) is 20.7. The largest absolute Gasteiger partial charge is 0.433 e. The van der Waals surface area contributed by atoms with Crippen LogP contribution in [0.3, 0.4) is 0 Å². The van der Waals surface area contributed by atoms with Crippen LogP contribution in [0.1, 0.15) is 5.69 Å². The van der Waals surface area contributed by atoms with Gasteiger partial charge < -0.3 is 20.4 Å². The van der Waals surface area contributed by atoms with E-state index >= 15 is 0 Å². The number of nitrogens with one attached hydrogen (secondary N) is 2. The highest BCUT2D eigenvalue weighted by Gasteiger charge is 2.32. The molecule has 0 aromatic carbocycles. The summed E-state index contributed by atoms with van der Waals surface area (Å²) in [5, 5.41) is 5.98. The van der Waals surface area contributed by atoms with Crippen molar-refractivity contribution in [1.82, 2.24) is 30.2 Å². The lowest BCUT2D eigenvalue weighted by molar-refractivity contribution is -0.141. The molecule has 2 aromatic heterocycles. The Hall–Kier alpha value is -2.45. The van der Waals surface area contributed by atoms with Crippen LogP contribution in [0.2, 0.25) is 0 Å². The number of nitrogens with zero attached hydrogens (tertiary/aromatic N) is 7. The first kappa shape index (κ1) is 23.8. The van der Waals surface area contributed by atoms with Gasteiger partial charge in [-0.2, -0.15) is 13.2 Å². The van der Waals surface area contributed by atoms with Crippen LogP contribution in [0, 0.1) is 0 Å². The fraction of sp³-hybridized carbons (Fsp3) is 0.471. The van der Waals surface area contributed by atoms with E-state index < -0.39 is 11.9 Å². The van der Waals surface area contributed by atoms with Gasteiger partial charge in [0.1, 0.15) is 5.69 Å². The van der Waals surface area contributed by atoms with Crippen LogP contribution >= 0.6 is 24.0 Å². The smallest absolute Gasteiger partial charge is 0.354 e. The molecule has 1 aliphatic rings. The molecule has 1 saturated heterocycles. The van der Waals surface area contributed by atoms with Gasteiger partial charge in [0.2, 0.25) is 11.9 Å². The van der Waals surface area contributed by atoms with Gasteiger partial charge in [-0.15, -0.1) is 24.0 Å². The predicted molar refractivity (Wildman–Crippen MR) is 118 cm³/mol. The molecule has 0 radical (unpaired) electrons. The van der Waals surface area contributed by atoms with Crippen LogP contribution in [0.4, 0.5) is 25.1 Å². The fourth-order valence-corrected chi connectivity index (χ4v) is 2.86. The number of aliphatic imine (C=N–C) groups is 1. The Morgan fingerprint density at radius 3 is 2.40 bits per heavy atom. The standard InChI is InChI=1S/C17H22F3N9.HI/c1-21-15(28-9-11-29(12-10-28)16-24-4-2-5-25-16)26-8-7-23-14-22-6-3-13(27-14)17(18,19)20;/h2-6H,7-12H2,1H3,(H,21,26)(H,22,23,27);1H. The van der Waals surface area contributed by atoms with E-state index in [1.54, 1.807) is 25.5 Å². The molecular formula is C17H23F3IN9. The molecule has 0 saturated carbocycles. The highest BCUT2D eigenvalue weighted by atomic mass is 127. The highest BCUT2D eigenvalue weighted by molar-refractivity contribution is 14.0. The summed E-state index contributed by atoms with van der Waals surface area (Å²) in [6, 6.07) is 2.62. The number of anilines is 2. The van der Waals surface area contributed by atoms with E-state index in [1.807, 2.05) is 0 Å². The normalized spacial score (nSPS) is 14.9. The summed E-state index contributed by atoms with van der Waals surface area (Å²) in [7, 11) is 1.69. The van der Waals surface area contributed by atoms with Crippen LogP contribution in [0.25, 0.3) is 0 Å². The van der Waals surface area contributed by atoms with Gasteiger partial charge in [0.05, 0.1) is 0 Å². The molecule has 0 amide bonds. The molecule has 30 heavy (non-hydrogen) atoms. The minimum absolute atomic E-state index is 0. The van der Waals surface area contributed by atoms with Crippen molar-refractivity contribution >= 4 is 41.8 Å². The summed E-state index contributed by atoms with van der Waals surface area (Å²) < 4.78 is 38.1. The van der Waals surface area contributed by atoms with Crippen molar-refractivity contribution in [1.29, 1.82) is 0 Å². The van der Waals surface area contributed by atoms with Gasteiger partial charge in [0.15, 0.2) is 5.96 Å². The zero-order valence-electron chi connectivity index (χ0n) is 16.3. The summed E-state index contributed by atoms with van der Waals surface area (Å²) in [6.07, 6.45) is 0.0274. The molecule has 0 unspecified atom stereocenters. The minimum Gasteiger partial charge on any atom is -0.354 e. The number of aromatic nitrogens is 4. The number of rotatable bonds is 5. The molecule has 2 aromatic rings. The summed E-state index contributed by atoms with van der Waals surface area (Å²) >= 11 is 0. The molecule has 1 aliphatic heterocycles. The summed E-state index contributed by atoms with van der Waals surface area (Å²) in [4.78, 5) is 24.3. The maximum Gasteiger partial charge on any atom is 0.433 e. The molecule has 2 N–H and O–H groups in total. The quantitative estimate of drug-likeness (QED) is 0.258. The van der Waals surface area contributed by atoms with E-state index in [1.165, 1.54) is 0 Å². The second kappa shape index (κ2) is 11.1. The highest BCUT2D eigenvalue weighted by Crippen LogP contribution is 2.27. The summed E-state index contributed by atoms with van der Waals surface area (Å²) in [5.74, 6) is 1.37. The molecule has 0 atom stereocenters. The predicted octanol–water partition coefficient (Wildman–Crippen LogP) is 1.71. The van der Waals surface area contributed by atoms with Crippen molar-refractivity contribution in [2.24, 2.45) is 4.99 Å². The number of hydrogen-bond donors (Lipinski definition) is 2. The molecule has 0 aliphatic carbocycles. The third-order valence-corrected chi connectivity index (χ3v) is 4.26. The fourth-order valence-electron chi connectivity index (χ4n) is 2.86. The SMILES string of the molecule is CN=C(NCCNc1nccc(C(F)(F)F)n1)N1CCN(c2ncccn2)CC1.I. The first-order valence-corrected chi connectivity index (χ1v) is 9.09. The van der Waals surface area contributed by atoms with Crippen LogP contribution < -0.4 is 15.5 Å². The number of alkyl halides is 3.